The van der Waals surface area contributed by atoms with Crippen molar-refractivity contribution in [2.24, 2.45) is 0 Å². The number of nitrogens with one attached hydrogen (secondary N) is 1. The maximum atomic E-state index is 12.7. The van der Waals surface area contributed by atoms with Gasteiger partial charge < -0.3 is 9.72 Å². The van der Waals surface area contributed by atoms with Gasteiger partial charge in [0.1, 0.15) is 5.82 Å². The van der Waals surface area contributed by atoms with E-state index >= 15 is 0 Å². The second kappa shape index (κ2) is 6.55. The molecule has 2 aliphatic rings. The van der Waals surface area contributed by atoms with E-state index in [4.69, 9.17) is 0 Å². The molecule has 2 fully saturated rings. The van der Waals surface area contributed by atoms with Gasteiger partial charge in [-0.3, -0.25) is 9.69 Å². The highest BCUT2D eigenvalue weighted by atomic mass is 16.1. The molecule has 0 spiro atoms. The fourth-order valence-corrected chi connectivity index (χ4v) is 3.67. The number of nitrogens with zero attached hydrogens (tertiary/aromatic N) is 3. The Morgan fingerprint density at radius 3 is 2.83 bits per heavy atom. The Morgan fingerprint density at radius 2 is 2.08 bits per heavy atom. The number of hydrogen-bond acceptors (Lipinski definition) is 3. The Morgan fingerprint density at radius 1 is 1.29 bits per heavy atom. The Bertz CT molecular complexity index is 728. The van der Waals surface area contributed by atoms with Gasteiger partial charge in [0.15, 0.2) is 5.69 Å². The van der Waals surface area contributed by atoms with Crippen molar-refractivity contribution in [1.29, 1.82) is 0 Å². The van der Waals surface area contributed by atoms with Crippen molar-refractivity contribution in [1.82, 2.24) is 19.6 Å². The number of pyridine rings is 1. The van der Waals surface area contributed by atoms with Crippen LogP contribution in [0.4, 0.5) is 0 Å². The zero-order valence-electron chi connectivity index (χ0n) is 14.4. The van der Waals surface area contributed by atoms with Crippen molar-refractivity contribution in [3.8, 4) is 0 Å². The maximum Gasteiger partial charge on any atom is 0.272 e. The molecular weight excluding hydrogens is 300 g/mol. The van der Waals surface area contributed by atoms with Crippen LogP contribution in [0, 0.1) is 0 Å². The van der Waals surface area contributed by atoms with E-state index in [0.717, 1.165) is 24.4 Å². The Kier molecular flexibility index (Phi) is 4.27. The van der Waals surface area contributed by atoms with Crippen LogP contribution in [0.25, 0.3) is 5.52 Å². The van der Waals surface area contributed by atoms with Crippen LogP contribution >= 0.6 is 0 Å². The largest absolute Gasteiger partial charge is 0.349 e. The molecule has 1 amide bonds. The van der Waals surface area contributed by atoms with Gasteiger partial charge in [0.05, 0.1) is 5.52 Å². The second-order valence-electron chi connectivity index (χ2n) is 7.20. The molecule has 5 nitrogen and oxygen atoms in total. The first-order valence-corrected chi connectivity index (χ1v) is 9.23. The van der Waals surface area contributed by atoms with Gasteiger partial charge in [0.2, 0.25) is 0 Å². The molecule has 4 rings (SSSR count). The summed E-state index contributed by atoms with van der Waals surface area (Å²) in [5.41, 5.74) is 1.49. The summed E-state index contributed by atoms with van der Waals surface area (Å²) in [6.45, 7) is 5.18. The van der Waals surface area contributed by atoms with Crippen LogP contribution in [0.2, 0.25) is 0 Å². The first-order valence-electron chi connectivity index (χ1n) is 9.23. The average molecular weight is 326 g/mol. The van der Waals surface area contributed by atoms with E-state index < -0.39 is 0 Å². The van der Waals surface area contributed by atoms with Crippen molar-refractivity contribution < 1.29 is 4.79 Å². The highest BCUT2D eigenvalue weighted by Gasteiger charge is 2.30. The predicted molar refractivity (Wildman–Crippen MR) is 94.4 cm³/mol. The Labute approximate surface area is 143 Å². The van der Waals surface area contributed by atoms with Gasteiger partial charge in [-0.2, -0.15) is 0 Å². The minimum atomic E-state index is -0.0468. The number of aromatic nitrogens is 2. The number of imidazole rings is 1. The lowest BCUT2D eigenvalue weighted by atomic mass is 10.1. The standard InChI is InChI=1S/C19H26N4O/c1-14(22-10-4-2-5-11-22)13-20-19(24)17-16-7-3-6-12-23(16)18(21-17)15-8-9-15/h3,6-7,12,14-15H,2,4-5,8-11,13H2,1H3,(H,20,24). The van der Waals surface area contributed by atoms with Crippen LogP contribution in [0.1, 0.15) is 61.3 Å². The fraction of sp³-hybridized carbons (Fsp3) is 0.579. The molecule has 1 N–H and O–H groups in total. The normalized spacial score (nSPS) is 20.2. The minimum Gasteiger partial charge on any atom is -0.349 e. The number of piperidine rings is 1. The topological polar surface area (TPSA) is 49.6 Å². The third kappa shape index (κ3) is 3.05. The zero-order chi connectivity index (χ0) is 16.5. The summed E-state index contributed by atoms with van der Waals surface area (Å²) in [6.07, 6.45) is 8.26. The lowest BCUT2D eigenvalue weighted by Crippen LogP contribution is -2.44. The molecule has 1 aliphatic heterocycles. The smallest absolute Gasteiger partial charge is 0.272 e. The van der Waals surface area contributed by atoms with Crippen molar-refractivity contribution in [2.75, 3.05) is 19.6 Å². The van der Waals surface area contributed by atoms with Gasteiger partial charge in [-0.15, -0.1) is 0 Å². The van der Waals surface area contributed by atoms with Crippen molar-refractivity contribution in [2.45, 2.75) is 51.0 Å². The third-order valence-electron chi connectivity index (χ3n) is 5.31. The lowest BCUT2D eigenvalue weighted by molar-refractivity contribution is 0.0927. The summed E-state index contributed by atoms with van der Waals surface area (Å²) in [5.74, 6) is 1.52. The molecule has 3 heterocycles. The van der Waals surface area contributed by atoms with Crippen LogP contribution in [0.5, 0.6) is 0 Å². The molecule has 1 saturated heterocycles. The summed E-state index contributed by atoms with van der Waals surface area (Å²) in [4.78, 5) is 19.9. The molecule has 2 aromatic heterocycles. The van der Waals surface area contributed by atoms with Crippen molar-refractivity contribution in [3.63, 3.8) is 0 Å². The number of fused-ring (bicyclic) bond motifs is 1. The van der Waals surface area contributed by atoms with Crippen LogP contribution in [0.3, 0.4) is 0 Å². The minimum absolute atomic E-state index is 0.0468. The van der Waals surface area contributed by atoms with Crippen LogP contribution < -0.4 is 5.32 Å². The fourth-order valence-electron chi connectivity index (χ4n) is 3.67. The van der Waals surface area contributed by atoms with Gasteiger partial charge in [0.25, 0.3) is 5.91 Å². The summed E-state index contributed by atoms with van der Waals surface area (Å²) in [6, 6.07) is 6.34. The number of likely N-dealkylation sites (tertiary alicyclic amines) is 1. The molecule has 0 radical (unpaired) electrons. The summed E-state index contributed by atoms with van der Waals surface area (Å²) in [7, 11) is 0. The maximum absolute atomic E-state index is 12.7. The number of amides is 1. The number of hydrogen-bond donors (Lipinski definition) is 1. The van der Waals surface area contributed by atoms with E-state index in [1.807, 2.05) is 24.4 Å². The van der Waals surface area contributed by atoms with Crippen molar-refractivity contribution >= 4 is 11.4 Å². The number of rotatable bonds is 5. The van der Waals surface area contributed by atoms with E-state index in [1.54, 1.807) is 0 Å². The van der Waals surface area contributed by atoms with Gasteiger partial charge in [-0.05, 0) is 57.8 Å². The molecule has 1 saturated carbocycles. The Hall–Kier alpha value is -1.88. The number of carbonyl (C=O) groups excluding carboxylic acids is 1. The van der Waals surface area contributed by atoms with E-state index in [9.17, 15) is 4.79 Å². The molecular formula is C19H26N4O. The molecule has 0 bridgehead atoms. The molecule has 0 aromatic carbocycles. The molecule has 2 aromatic rings. The first-order chi connectivity index (χ1) is 11.7. The summed E-state index contributed by atoms with van der Waals surface area (Å²) < 4.78 is 2.08. The van der Waals surface area contributed by atoms with E-state index in [1.165, 1.54) is 32.1 Å². The third-order valence-corrected chi connectivity index (χ3v) is 5.31. The lowest BCUT2D eigenvalue weighted by Gasteiger charge is -2.32. The summed E-state index contributed by atoms with van der Waals surface area (Å²) in [5, 5.41) is 3.10. The first kappa shape index (κ1) is 15.6. The highest BCUT2D eigenvalue weighted by Crippen LogP contribution is 2.39. The van der Waals surface area contributed by atoms with Crippen LogP contribution in [-0.4, -0.2) is 45.9 Å². The second-order valence-corrected chi connectivity index (χ2v) is 7.20. The van der Waals surface area contributed by atoms with Gasteiger partial charge in [0, 0.05) is 24.7 Å². The van der Waals surface area contributed by atoms with Crippen LogP contribution in [-0.2, 0) is 0 Å². The molecule has 5 heteroatoms. The molecule has 1 unspecified atom stereocenters. The number of carbonyl (C=O) groups is 1. The molecule has 24 heavy (non-hydrogen) atoms. The monoisotopic (exact) mass is 326 g/mol. The van der Waals surface area contributed by atoms with Gasteiger partial charge >= 0.3 is 0 Å². The summed E-state index contributed by atoms with van der Waals surface area (Å²) >= 11 is 0. The van der Waals surface area contributed by atoms with E-state index in [2.05, 4.69) is 26.5 Å². The Balaban J connectivity index is 1.47. The highest BCUT2D eigenvalue weighted by molar-refractivity contribution is 5.99. The van der Waals surface area contributed by atoms with E-state index in [-0.39, 0.29) is 5.91 Å². The molecule has 1 atom stereocenters. The molecule has 1 aliphatic carbocycles. The SMILES string of the molecule is CC(CNC(=O)c1nc(C2CC2)n2ccccc12)N1CCCCC1. The predicted octanol–water partition coefficient (Wildman–Crippen LogP) is 2.82. The molecule has 128 valence electrons. The van der Waals surface area contributed by atoms with Crippen LogP contribution in [0.15, 0.2) is 24.4 Å². The van der Waals surface area contributed by atoms with E-state index in [0.29, 0.717) is 24.2 Å². The van der Waals surface area contributed by atoms with Crippen molar-refractivity contribution in [3.05, 3.63) is 35.9 Å². The van der Waals surface area contributed by atoms with Gasteiger partial charge in [-0.25, -0.2) is 4.98 Å². The van der Waals surface area contributed by atoms with Gasteiger partial charge in [-0.1, -0.05) is 12.5 Å². The average Bonchev–Trinajstić information content (AvgIpc) is 3.40. The quantitative estimate of drug-likeness (QED) is 0.919. The zero-order valence-corrected chi connectivity index (χ0v) is 14.4.